The molecule has 96 valence electrons. The first-order valence-electron chi connectivity index (χ1n) is 5.77. The molecule has 0 spiro atoms. The fourth-order valence-corrected chi connectivity index (χ4v) is 1.56. The molecule has 0 aromatic heterocycles. The number of nitrogens with zero attached hydrogens (tertiary/aromatic N) is 1. The van der Waals surface area contributed by atoms with Crippen LogP contribution in [-0.4, -0.2) is 31.6 Å². The first-order chi connectivity index (χ1) is 7.93. The summed E-state index contributed by atoms with van der Waals surface area (Å²) in [7, 11) is 3.95. The number of likely N-dealkylation sites (N-methyl/N-ethyl adjacent to an activating group) is 1. The zero-order valence-electron chi connectivity index (χ0n) is 10.8. The van der Waals surface area contributed by atoms with Crippen LogP contribution >= 0.6 is 0 Å². The zero-order valence-corrected chi connectivity index (χ0v) is 10.8. The molecule has 1 aromatic carbocycles. The van der Waals surface area contributed by atoms with Crippen molar-refractivity contribution in [3.05, 3.63) is 35.4 Å². The van der Waals surface area contributed by atoms with Crippen LogP contribution in [-0.2, 0) is 0 Å². The molecule has 0 fully saturated rings. The van der Waals surface area contributed by atoms with Crippen LogP contribution in [0.4, 0.5) is 8.78 Å². The van der Waals surface area contributed by atoms with E-state index in [-0.39, 0.29) is 11.6 Å². The predicted molar refractivity (Wildman–Crippen MR) is 65.9 cm³/mol. The Morgan fingerprint density at radius 1 is 1.18 bits per heavy atom. The van der Waals surface area contributed by atoms with Crippen LogP contribution in [0.1, 0.15) is 25.5 Å². The second-order valence-corrected chi connectivity index (χ2v) is 4.58. The molecule has 0 aliphatic heterocycles. The average molecular weight is 242 g/mol. The van der Waals surface area contributed by atoms with Gasteiger partial charge in [0.1, 0.15) is 11.6 Å². The van der Waals surface area contributed by atoms with Crippen molar-refractivity contribution in [2.45, 2.75) is 25.9 Å². The summed E-state index contributed by atoms with van der Waals surface area (Å²) in [5.41, 5.74) is 0.110. The summed E-state index contributed by atoms with van der Waals surface area (Å²) in [5.74, 6) is -0.995. The van der Waals surface area contributed by atoms with Gasteiger partial charge in [0.2, 0.25) is 0 Å². The first-order valence-corrected chi connectivity index (χ1v) is 5.77. The topological polar surface area (TPSA) is 15.3 Å². The van der Waals surface area contributed by atoms with Crippen LogP contribution < -0.4 is 5.32 Å². The monoisotopic (exact) mass is 242 g/mol. The average Bonchev–Trinajstić information content (AvgIpc) is 2.25. The third-order valence-corrected chi connectivity index (χ3v) is 3.03. The Morgan fingerprint density at radius 2 is 1.71 bits per heavy atom. The lowest BCUT2D eigenvalue weighted by Crippen LogP contribution is -2.36. The minimum absolute atomic E-state index is 0.110. The Bertz CT molecular complexity index is 346. The summed E-state index contributed by atoms with van der Waals surface area (Å²) >= 11 is 0. The summed E-state index contributed by atoms with van der Waals surface area (Å²) in [6, 6.07) is 3.92. The van der Waals surface area contributed by atoms with Gasteiger partial charge in [-0.05, 0) is 40.1 Å². The van der Waals surface area contributed by atoms with Crippen LogP contribution in [0.3, 0.4) is 0 Å². The van der Waals surface area contributed by atoms with Gasteiger partial charge >= 0.3 is 0 Å². The smallest absolute Gasteiger partial charge is 0.130 e. The lowest BCUT2D eigenvalue weighted by atomic mass is 10.1. The normalized spacial score (nSPS) is 15.0. The van der Waals surface area contributed by atoms with Gasteiger partial charge in [-0.15, -0.1) is 0 Å². The highest BCUT2D eigenvalue weighted by Crippen LogP contribution is 2.20. The molecule has 0 saturated heterocycles. The maximum absolute atomic E-state index is 13.5. The minimum Gasteiger partial charge on any atom is -0.308 e. The Morgan fingerprint density at radius 3 is 2.18 bits per heavy atom. The quantitative estimate of drug-likeness (QED) is 0.853. The number of nitrogens with one attached hydrogen (secondary N) is 1. The molecule has 0 saturated carbocycles. The summed E-state index contributed by atoms with van der Waals surface area (Å²) in [6.07, 6.45) is 0. The van der Waals surface area contributed by atoms with Gasteiger partial charge in [0.05, 0.1) is 0 Å². The molecule has 17 heavy (non-hydrogen) atoms. The Balaban J connectivity index is 2.67. The van der Waals surface area contributed by atoms with E-state index in [1.165, 1.54) is 18.2 Å². The second kappa shape index (κ2) is 6.07. The van der Waals surface area contributed by atoms with Crippen molar-refractivity contribution >= 4 is 0 Å². The zero-order chi connectivity index (χ0) is 13.0. The van der Waals surface area contributed by atoms with Gasteiger partial charge in [0.25, 0.3) is 0 Å². The molecular weight excluding hydrogens is 222 g/mol. The minimum atomic E-state index is -0.498. The third-order valence-electron chi connectivity index (χ3n) is 3.03. The summed E-state index contributed by atoms with van der Waals surface area (Å²) < 4.78 is 27.0. The molecule has 2 unspecified atom stereocenters. The molecular formula is C13H20F2N2. The largest absolute Gasteiger partial charge is 0.308 e. The predicted octanol–water partition coefficient (Wildman–Crippen LogP) is 2.57. The van der Waals surface area contributed by atoms with Crippen LogP contribution in [0.5, 0.6) is 0 Å². The van der Waals surface area contributed by atoms with Gasteiger partial charge in [-0.2, -0.15) is 0 Å². The van der Waals surface area contributed by atoms with E-state index < -0.39 is 11.6 Å². The van der Waals surface area contributed by atoms with Gasteiger partial charge in [-0.25, -0.2) is 8.78 Å². The van der Waals surface area contributed by atoms with Crippen LogP contribution in [0.15, 0.2) is 18.2 Å². The second-order valence-electron chi connectivity index (χ2n) is 4.58. The van der Waals surface area contributed by atoms with E-state index in [1.54, 1.807) is 6.92 Å². The number of halogens is 2. The van der Waals surface area contributed by atoms with E-state index in [9.17, 15) is 8.78 Å². The van der Waals surface area contributed by atoms with Gasteiger partial charge in [-0.3, -0.25) is 0 Å². The van der Waals surface area contributed by atoms with E-state index in [2.05, 4.69) is 17.1 Å². The van der Waals surface area contributed by atoms with Gasteiger partial charge in [-0.1, -0.05) is 6.07 Å². The lowest BCUT2D eigenvalue weighted by Gasteiger charge is -2.23. The van der Waals surface area contributed by atoms with E-state index in [0.29, 0.717) is 12.6 Å². The molecule has 2 atom stereocenters. The standard InChI is InChI=1S/C13H20F2N2/c1-9(17(3)4)8-16-10(2)13-11(14)6-5-7-12(13)15/h5-7,9-10,16H,8H2,1-4H3. The fourth-order valence-electron chi connectivity index (χ4n) is 1.56. The van der Waals surface area contributed by atoms with Crippen LogP contribution in [0, 0.1) is 11.6 Å². The van der Waals surface area contributed by atoms with Gasteiger partial charge in [0.15, 0.2) is 0 Å². The summed E-state index contributed by atoms with van der Waals surface area (Å²) in [6.45, 7) is 4.50. The molecule has 4 heteroatoms. The SMILES string of the molecule is CC(NCC(C)N(C)C)c1c(F)cccc1F. The molecule has 2 nitrogen and oxygen atoms in total. The lowest BCUT2D eigenvalue weighted by molar-refractivity contribution is 0.294. The Labute approximate surface area is 102 Å². The summed E-state index contributed by atoms with van der Waals surface area (Å²) in [4.78, 5) is 2.05. The molecule has 1 N–H and O–H groups in total. The fraction of sp³-hybridized carbons (Fsp3) is 0.538. The van der Waals surface area contributed by atoms with Gasteiger partial charge < -0.3 is 10.2 Å². The number of rotatable bonds is 5. The van der Waals surface area contributed by atoms with Crippen molar-refractivity contribution in [1.82, 2.24) is 10.2 Å². The van der Waals surface area contributed by atoms with E-state index in [1.807, 2.05) is 14.1 Å². The maximum Gasteiger partial charge on any atom is 0.130 e. The van der Waals surface area contributed by atoms with Crippen molar-refractivity contribution in [3.63, 3.8) is 0 Å². The van der Waals surface area contributed by atoms with E-state index >= 15 is 0 Å². The molecule has 0 aliphatic carbocycles. The molecule has 0 radical (unpaired) electrons. The van der Waals surface area contributed by atoms with Crippen molar-refractivity contribution in [2.75, 3.05) is 20.6 Å². The maximum atomic E-state index is 13.5. The first kappa shape index (κ1) is 14.1. The third kappa shape index (κ3) is 3.75. The Kier molecular flexibility index (Phi) is 5.02. The Hall–Kier alpha value is -1.00. The van der Waals surface area contributed by atoms with Gasteiger partial charge in [0, 0.05) is 24.2 Å². The number of benzene rings is 1. The molecule has 0 amide bonds. The number of hydrogen-bond donors (Lipinski definition) is 1. The van der Waals surface area contributed by atoms with E-state index in [4.69, 9.17) is 0 Å². The summed E-state index contributed by atoms with van der Waals surface area (Å²) in [5, 5.41) is 3.14. The molecule has 0 bridgehead atoms. The highest BCUT2D eigenvalue weighted by molar-refractivity contribution is 5.22. The van der Waals surface area contributed by atoms with Crippen LogP contribution in [0.25, 0.3) is 0 Å². The molecule has 1 rings (SSSR count). The molecule has 1 aromatic rings. The van der Waals surface area contributed by atoms with Crippen molar-refractivity contribution in [3.8, 4) is 0 Å². The highest BCUT2D eigenvalue weighted by Gasteiger charge is 2.16. The van der Waals surface area contributed by atoms with E-state index in [0.717, 1.165) is 0 Å². The van der Waals surface area contributed by atoms with Crippen molar-refractivity contribution in [2.24, 2.45) is 0 Å². The van der Waals surface area contributed by atoms with Crippen molar-refractivity contribution < 1.29 is 8.78 Å². The van der Waals surface area contributed by atoms with Crippen molar-refractivity contribution in [1.29, 1.82) is 0 Å². The van der Waals surface area contributed by atoms with Crippen LogP contribution in [0.2, 0.25) is 0 Å². The molecule has 0 aliphatic rings. The highest BCUT2D eigenvalue weighted by atomic mass is 19.1. The molecule has 0 heterocycles. The number of hydrogen-bond acceptors (Lipinski definition) is 2.